The van der Waals surface area contributed by atoms with E-state index in [-0.39, 0.29) is 18.1 Å². The number of nitrogens with zero attached hydrogens (tertiary/aromatic N) is 1. The summed E-state index contributed by atoms with van der Waals surface area (Å²) in [7, 11) is 0. The summed E-state index contributed by atoms with van der Waals surface area (Å²) < 4.78 is 0. The molecule has 0 aliphatic rings. The first-order valence-electron chi connectivity index (χ1n) is 9.58. The molecule has 0 heterocycles. The van der Waals surface area contributed by atoms with E-state index < -0.39 is 47.9 Å². The Morgan fingerprint density at radius 3 is 2.13 bits per heavy atom. The van der Waals surface area contributed by atoms with Crippen LogP contribution in [0.2, 0.25) is 0 Å². The smallest absolute Gasteiger partial charge is 0.325 e. The topological polar surface area (TPSA) is 215 Å². The number of carboxylic acids is 1. The van der Waals surface area contributed by atoms with Crippen LogP contribution in [0, 0.1) is 0 Å². The number of hydrogen-bond donors (Lipinski definition) is 8. The maximum atomic E-state index is 12.6. The van der Waals surface area contributed by atoms with Gasteiger partial charge in [-0.3, -0.25) is 24.2 Å². The van der Waals surface area contributed by atoms with E-state index in [9.17, 15) is 19.2 Å². The lowest BCUT2D eigenvalue weighted by atomic mass is 10.1. The molecule has 4 unspecified atom stereocenters. The summed E-state index contributed by atoms with van der Waals surface area (Å²) in [4.78, 5) is 52.0. The third-order valence-corrected chi connectivity index (χ3v) is 5.10. The number of carboxylic acid groups (broad SMARTS) is 1. The van der Waals surface area contributed by atoms with Gasteiger partial charge in [-0.15, -0.1) is 0 Å². The Hall–Kier alpha value is -2.19. The highest BCUT2D eigenvalue weighted by atomic mass is 32.2. The molecule has 0 spiro atoms. The van der Waals surface area contributed by atoms with Crippen molar-refractivity contribution in [3.63, 3.8) is 0 Å². The lowest BCUT2D eigenvalue weighted by Crippen LogP contribution is -2.57. The van der Waals surface area contributed by atoms with E-state index in [0.717, 1.165) is 0 Å². The average molecular weight is 480 g/mol. The van der Waals surface area contributed by atoms with Crippen molar-refractivity contribution >= 4 is 54.0 Å². The van der Waals surface area contributed by atoms with Crippen LogP contribution < -0.4 is 33.2 Å². The molecule has 10 N–H and O–H groups in total. The SMILES string of the molecule is CSCCC(NC(=O)C(CS)NC(=O)C(N)CCCN=C(N)N)C(=O)NC(C)C(=O)O. The Morgan fingerprint density at radius 2 is 1.61 bits per heavy atom. The summed E-state index contributed by atoms with van der Waals surface area (Å²) in [5, 5.41) is 16.3. The number of thiol groups is 1. The second-order valence-electron chi connectivity index (χ2n) is 6.71. The zero-order valence-electron chi connectivity index (χ0n) is 17.7. The fourth-order valence-corrected chi connectivity index (χ4v) is 3.00. The number of rotatable bonds is 15. The summed E-state index contributed by atoms with van der Waals surface area (Å²) in [5.41, 5.74) is 16.3. The fraction of sp³-hybridized carbons (Fsp3) is 0.706. The molecule has 3 amide bonds. The monoisotopic (exact) mass is 479 g/mol. The Morgan fingerprint density at radius 1 is 1.03 bits per heavy atom. The average Bonchev–Trinajstić information content (AvgIpc) is 2.71. The van der Waals surface area contributed by atoms with Crippen molar-refractivity contribution in [1.29, 1.82) is 0 Å². The number of nitrogens with one attached hydrogen (secondary N) is 3. The second kappa shape index (κ2) is 15.6. The van der Waals surface area contributed by atoms with Gasteiger partial charge in [-0.1, -0.05) is 0 Å². The predicted molar refractivity (Wildman–Crippen MR) is 124 cm³/mol. The van der Waals surface area contributed by atoms with Crippen LogP contribution in [0.1, 0.15) is 26.2 Å². The summed E-state index contributed by atoms with van der Waals surface area (Å²) >= 11 is 5.55. The third kappa shape index (κ3) is 12.3. The van der Waals surface area contributed by atoms with Crippen molar-refractivity contribution in [3.05, 3.63) is 0 Å². The largest absolute Gasteiger partial charge is 0.480 e. The van der Waals surface area contributed by atoms with Crippen molar-refractivity contribution in [2.24, 2.45) is 22.2 Å². The minimum atomic E-state index is -1.20. The number of guanidine groups is 1. The lowest BCUT2D eigenvalue weighted by molar-refractivity contribution is -0.141. The molecule has 0 radical (unpaired) electrons. The maximum absolute atomic E-state index is 12.6. The highest BCUT2D eigenvalue weighted by molar-refractivity contribution is 7.98. The van der Waals surface area contributed by atoms with E-state index in [1.165, 1.54) is 18.7 Å². The van der Waals surface area contributed by atoms with Gasteiger partial charge in [0.2, 0.25) is 17.7 Å². The molecule has 0 aromatic rings. The number of aliphatic carboxylic acids is 1. The molecule has 31 heavy (non-hydrogen) atoms. The molecule has 0 saturated heterocycles. The van der Waals surface area contributed by atoms with Crippen molar-refractivity contribution < 1.29 is 24.3 Å². The van der Waals surface area contributed by atoms with Gasteiger partial charge < -0.3 is 38.3 Å². The van der Waals surface area contributed by atoms with E-state index in [0.29, 0.717) is 25.1 Å². The highest BCUT2D eigenvalue weighted by Crippen LogP contribution is 2.04. The van der Waals surface area contributed by atoms with E-state index in [1.807, 2.05) is 6.26 Å². The normalized spacial score (nSPS) is 14.5. The molecule has 0 aromatic carbocycles. The number of amides is 3. The molecule has 14 heteroatoms. The van der Waals surface area contributed by atoms with Gasteiger partial charge >= 0.3 is 5.97 Å². The van der Waals surface area contributed by atoms with Crippen LogP contribution in [0.4, 0.5) is 0 Å². The van der Waals surface area contributed by atoms with Gasteiger partial charge in [0, 0.05) is 12.3 Å². The molecule has 0 saturated carbocycles. The van der Waals surface area contributed by atoms with Gasteiger partial charge in [0.15, 0.2) is 5.96 Å². The molecule has 12 nitrogen and oxygen atoms in total. The minimum Gasteiger partial charge on any atom is -0.480 e. The number of hydrogen-bond acceptors (Lipinski definition) is 8. The Bertz CT molecular complexity index is 646. The molecule has 0 aromatic heterocycles. The number of aliphatic imine (C=N–C) groups is 1. The molecular formula is C17H33N7O5S2. The predicted octanol–water partition coefficient (Wildman–Crippen LogP) is -2.39. The standard InChI is InChI=1S/C17H33N7O5S2/c1-9(16(28)29)22-14(26)11(5-7-31-2)23-15(27)12(8-30)24-13(25)10(18)4-3-6-21-17(19)20/h9-12,30H,3-8,18H2,1-2H3,(H,22,26)(H,23,27)(H,24,25)(H,28,29)(H4,19,20,21). The van der Waals surface area contributed by atoms with Gasteiger partial charge in [-0.2, -0.15) is 24.4 Å². The van der Waals surface area contributed by atoms with E-state index in [1.54, 1.807) is 0 Å². The molecule has 0 bridgehead atoms. The van der Waals surface area contributed by atoms with Gasteiger partial charge in [0.25, 0.3) is 0 Å². The molecule has 4 atom stereocenters. The molecule has 0 aliphatic carbocycles. The number of carbonyl (C=O) groups excluding carboxylic acids is 3. The zero-order valence-corrected chi connectivity index (χ0v) is 19.4. The number of nitrogens with two attached hydrogens (primary N) is 3. The van der Waals surface area contributed by atoms with E-state index >= 15 is 0 Å². The summed E-state index contributed by atoms with van der Waals surface area (Å²) in [5.74, 6) is -2.53. The molecule has 0 fully saturated rings. The van der Waals surface area contributed by atoms with Crippen LogP contribution >= 0.6 is 24.4 Å². The lowest BCUT2D eigenvalue weighted by Gasteiger charge is -2.23. The maximum Gasteiger partial charge on any atom is 0.325 e. The number of carbonyl (C=O) groups is 4. The van der Waals surface area contributed by atoms with Crippen molar-refractivity contribution in [1.82, 2.24) is 16.0 Å². The zero-order chi connectivity index (χ0) is 24.0. The molecule has 0 rings (SSSR count). The minimum absolute atomic E-state index is 0.0271. The number of thioether (sulfide) groups is 1. The van der Waals surface area contributed by atoms with Crippen molar-refractivity contribution in [2.75, 3.05) is 24.3 Å². The van der Waals surface area contributed by atoms with E-state index in [4.69, 9.17) is 22.3 Å². The second-order valence-corrected chi connectivity index (χ2v) is 8.06. The first-order chi connectivity index (χ1) is 14.5. The van der Waals surface area contributed by atoms with Crippen LogP contribution in [-0.4, -0.2) is 83.2 Å². The summed E-state index contributed by atoms with van der Waals surface area (Å²) in [6, 6.07) is -3.98. The Balaban J connectivity index is 4.91. The van der Waals surface area contributed by atoms with Crippen LogP contribution in [-0.2, 0) is 19.2 Å². The highest BCUT2D eigenvalue weighted by Gasteiger charge is 2.28. The third-order valence-electron chi connectivity index (χ3n) is 4.09. The fourth-order valence-electron chi connectivity index (χ4n) is 2.28. The van der Waals surface area contributed by atoms with Crippen LogP contribution in [0.5, 0.6) is 0 Å². The molecule has 178 valence electrons. The van der Waals surface area contributed by atoms with Crippen molar-refractivity contribution in [3.8, 4) is 0 Å². The van der Waals surface area contributed by atoms with Crippen LogP contribution in [0.25, 0.3) is 0 Å². The Kier molecular flexibility index (Phi) is 14.5. The first kappa shape index (κ1) is 28.8. The van der Waals surface area contributed by atoms with Gasteiger partial charge in [-0.25, -0.2) is 0 Å². The Labute approximate surface area is 191 Å². The van der Waals surface area contributed by atoms with Gasteiger partial charge in [-0.05, 0) is 38.2 Å². The van der Waals surface area contributed by atoms with Crippen molar-refractivity contribution in [2.45, 2.75) is 50.4 Å². The summed E-state index contributed by atoms with van der Waals surface area (Å²) in [6.07, 6.45) is 2.89. The van der Waals surface area contributed by atoms with Gasteiger partial charge in [0.1, 0.15) is 18.1 Å². The van der Waals surface area contributed by atoms with Crippen LogP contribution in [0.15, 0.2) is 4.99 Å². The van der Waals surface area contributed by atoms with Crippen LogP contribution in [0.3, 0.4) is 0 Å². The summed E-state index contributed by atoms with van der Waals surface area (Å²) in [6.45, 7) is 1.64. The first-order valence-corrected chi connectivity index (χ1v) is 11.6. The van der Waals surface area contributed by atoms with E-state index in [2.05, 4.69) is 33.6 Å². The van der Waals surface area contributed by atoms with Gasteiger partial charge in [0.05, 0.1) is 6.04 Å². The molecular weight excluding hydrogens is 446 g/mol. The molecule has 0 aliphatic heterocycles. The quantitative estimate of drug-likeness (QED) is 0.0543.